The first-order chi connectivity index (χ1) is 16.4. The fourth-order valence-electron chi connectivity index (χ4n) is 3.27. The summed E-state index contributed by atoms with van der Waals surface area (Å²) in [6.45, 7) is 1.54. The van der Waals surface area contributed by atoms with Crippen molar-refractivity contribution in [3.8, 4) is 5.75 Å². The monoisotopic (exact) mass is 494 g/mol. The van der Waals surface area contributed by atoms with Crippen LogP contribution < -0.4 is 15.5 Å². The summed E-state index contributed by atoms with van der Waals surface area (Å²) in [6, 6.07) is 19.4. The minimum absolute atomic E-state index is 0.223. The van der Waals surface area contributed by atoms with E-state index >= 15 is 0 Å². The molecule has 0 aliphatic carbocycles. The molecule has 0 saturated carbocycles. The number of rotatable bonds is 7. The molecular weight excluding hydrogens is 475 g/mol. The Morgan fingerprint density at radius 2 is 1.85 bits per heavy atom. The highest BCUT2D eigenvalue weighted by molar-refractivity contribution is 6.35. The van der Waals surface area contributed by atoms with Crippen LogP contribution in [-0.2, 0) is 4.79 Å². The third-order valence-electron chi connectivity index (χ3n) is 4.98. The van der Waals surface area contributed by atoms with Crippen LogP contribution in [0.1, 0.15) is 22.8 Å². The molecule has 1 aromatic heterocycles. The molecule has 172 valence electrons. The number of hydrogen-bond donors (Lipinski definition) is 3. The number of carbonyl (C=O) groups excluding carboxylic acids is 2. The van der Waals surface area contributed by atoms with Crippen molar-refractivity contribution in [1.82, 2.24) is 10.4 Å². The quantitative estimate of drug-likeness (QED) is 0.229. The van der Waals surface area contributed by atoms with Gasteiger partial charge in [0.25, 0.3) is 11.8 Å². The minimum atomic E-state index is -0.356. The summed E-state index contributed by atoms with van der Waals surface area (Å²) in [4.78, 5) is 27.9. The Kier molecular flexibility index (Phi) is 7.15. The SMILES string of the molecule is CC(=NNC(=O)c1c[nH]c2ccccc12)c1cccc(NC(=O)COc2ccc(Cl)cc2Cl)c1. The number of amides is 2. The minimum Gasteiger partial charge on any atom is -0.482 e. The molecule has 0 spiro atoms. The first-order valence-corrected chi connectivity index (χ1v) is 11.0. The van der Waals surface area contributed by atoms with Crippen molar-refractivity contribution in [2.45, 2.75) is 6.92 Å². The Balaban J connectivity index is 1.37. The highest BCUT2D eigenvalue weighted by atomic mass is 35.5. The second-order valence-electron chi connectivity index (χ2n) is 7.38. The summed E-state index contributed by atoms with van der Waals surface area (Å²) in [7, 11) is 0. The molecule has 0 atom stereocenters. The van der Waals surface area contributed by atoms with Gasteiger partial charge in [-0.15, -0.1) is 0 Å². The lowest BCUT2D eigenvalue weighted by molar-refractivity contribution is -0.118. The third kappa shape index (κ3) is 5.57. The van der Waals surface area contributed by atoms with Gasteiger partial charge >= 0.3 is 0 Å². The van der Waals surface area contributed by atoms with Gasteiger partial charge in [0, 0.05) is 27.8 Å². The second kappa shape index (κ2) is 10.4. The standard InChI is InChI=1S/C25H20Cl2N4O3/c1-15(30-31-25(33)20-13-28-22-8-3-2-7-19(20)22)16-5-4-6-18(11-16)29-24(32)14-34-23-10-9-17(26)12-21(23)27/h2-13,28H,14H2,1H3,(H,29,32)(H,31,33). The number of hydrazone groups is 1. The van der Waals surface area contributed by atoms with E-state index in [1.165, 1.54) is 0 Å². The Morgan fingerprint density at radius 3 is 2.68 bits per heavy atom. The zero-order valence-electron chi connectivity index (χ0n) is 18.1. The van der Waals surface area contributed by atoms with Crippen molar-refractivity contribution in [2.75, 3.05) is 11.9 Å². The van der Waals surface area contributed by atoms with Gasteiger partial charge in [0.1, 0.15) is 5.75 Å². The number of H-pyrrole nitrogens is 1. The average molecular weight is 495 g/mol. The van der Waals surface area contributed by atoms with Gasteiger partial charge in [0.15, 0.2) is 6.61 Å². The van der Waals surface area contributed by atoms with Gasteiger partial charge in [0.2, 0.25) is 0 Å². The highest BCUT2D eigenvalue weighted by Gasteiger charge is 2.12. The highest BCUT2D eigenvalue weighted by Crippen LogP contribution is 2.27. The fraction of sp³-hybridized carbons (Fsp3) is 0.0800. The van der Waals surface area contributed by atoms with Crippen LogP contribution in [0.2, 0.25) is 10.0 Å². The van der Waals surface area contributed by atoms with Gasteiger partial charge in [-0.2, -0.15) is 5.10 Å². The van der Waals surface area contributed by atoms with Crippen molar-refractivity contribution >= 4 is 57.3 Å². The number of ether oxygens (including phenoxy) is 1. The predicted octanol–water partition coefficient (Wildman–Crippen LogP) is 5.65. The molecule has 9 heteroatoms. The summed E-state index contributed by atoms with van der Waals surface area (Å²) < 4.78 is 5.46. The molecular formula is C25H20Cl2N4O3. The topological polar surface area (TPSA) is 95.6 Å². The number of anilines is 1. The molecule has 7 nitrogen and oxygen atoms in total. The summed E-state index contributed by atoms with van der Waals surface area (Å²) in [5.74, 6) is -0.312. The van der Waals surface area contributed by atoms with Crippen LogP contribution in [0.25, 0.3) is 10.9 Å². The van der Waals surface area contributed by atoms with E-state index in [4.69, 9.17) is 27.9 Å². The number of para-hydroxylation sites is 1. The molecule has 1 heterocycles. The maximum absolute atomic E-state index is 12.6. The van der Waals surface area contributed by atoms with Gasteiger partial charge in [-0.3, -0.25) is 9.59 Å². The second-order valence-corrected chi connectivity index (χ2v) is 8.22. The Bertz CT molecular complexity index is 1400. The van der Waals surface area contributed by atoms with Crippen LogP contribution in [-0.4, -0.2) is 29.1 Å². The Labute approximate surface area is 205 Å². The fourth-order valence-corrected chi connectivity index (χ4v) is 3.74. The lowest BCUT2D eigenvalue weighted by Crippen LogP contribution is -2.21. The van der Waals surface area contributed by atoms with Crippen molar-refractivity contribution in [2.24, 2.45) is 5.10 Å². The van der Waals surface area contributed by atoms with Gasteiger partial charge in [-0.1, -0.05) is 53.5 Å². The molecule has 3 N–H and O–H groups in total. The van der Waals surface area contributed by atoms with Crippen molar-refractivity contribution in [3.05, 3.63) is 94.1 Å². The van der Waals surface area contributed by atoms with E-state index in [2.05, 4.69) is 20.8 Å². The Hall–Kier alpha value is -3.81. The number of halogens is 2. The molecule has 0 fully saturated rings. The lowest BCUT2D eigenvalue weighted by Gasteiger charge is -2.10. The maximum atomic E-state index is 12.6. The van der Waals surface area contributed by atoms with Gasteiger partial charge in [-0.25, -0.2) is 5.43 Å². The van der Waals surface area contributed by atoms with Crippen LogP contribution in [0, 0.1) is 0 Å². The van der Waals surface area contributed by atoms with E-state index in [9.17, 15) is 9.59 Å². The van der Waals surface area contributed by atoms with Crippen molar-refractivity contribution < 1.29 is 14.3 Å². The lowest BCUT2D eigenvalue weighted by atomic mass is 10.1. The van der Waals surface area contributed by atoms with E-state index in [0.29, 0.717) is 32.8 Å². The number of nitrogens with zero attached hydrogens (tertiary/aromatic N) is 1. The smallest absolute Gasteiger partial charge is 0.273 e. The summed E-state index contributed by atoms with van der Waals surface area (Å²) in [6.07, 6.45) is 1.65. The normalized spacial score (nSPS) is 11.3. The number of nitrogens with one attached hydrogen (secondary N) is 3. The van der Waals surface area contributed by atoms with Crippen LogP contribution in [0.15, 0.2) is 78.0 Å². The largest absolute Gasteiger partial charge is 0.482 e. The summed E-state index contributed by atoms with van der Waals surface area (Å²) in [5.41, 5.74) is 5.84. The summed E-state index contributed by atoms with van der Waals surface area (Å²) >= 11 is 11.9. The van der Waals surface area contributed by atoms with Gasteiger partial charge in [-0.05, 0) is 48.9 Å². The van der Waals surface area contributed by atoms with Crippen LogP contribution in [0.5, 0.6) is 5.75 Å². The Morgan fingerprint density at radius 1 is 1.03 bits per heavy atom. The zero-order valence-corrected chi connectivity index (χ0v) is 19.6. The van der Waals surface area contributed by atoms with Crippen LogP contribution in [0.3, 0.4) is 0 Å². The maximum Gasteiger partial charge on any atom is 0.273 e. The third-order valence-corrected chi connectivity index (χ3v) is 5.51. The molecule has 0 saturated heterocycles. The van der Waals surface area contributed by atoms with Crippen LogP contribution >= 0.6 is 23.2 Å². The summed E-state index contributed by atoms with van der Waals surface area (Å²) in [5, 5.41) is 8.60. The average Bonchev–Trinajstić information content (AvgIpc) is 3.26. The van der Waals surface area contributed by atoms with Gasteiger partial charge < -0.3 is 15.0 Å². The molecule has 0 unspecified atom stereocenters. The van der Waals surface area contributed by atoms with Gasteiger partial charge in [0.05, 0.1) is 16.3 Å². The van der Waals surface area contributed by atoms with E-state index in [1.54, 1.807) is 49.5 Å². The van der Waals surface area contributed by atoms with E-state index < -0.39 is 0 Å². The molecule has 0 aliphatic rings. The number of carbonyl (C=O) groups is 2. The number of aromatic nitrogens is 1. The number of aromatic amines is 1. The molecule has 4 aromatic rings. The van der Waals surface area contributed by atoms with Crippen molar-refractivity contribution in [1.29, 1.82) is 0 Å². The molecule has 4 rings (SSSR count). The molecule has 2 amide bonds. The molecule has 34 heavy (non-hydrogen) atoms. The van der Waals surface area contributed by atoms with E-state index in [-0.39, 0.29) is 18.4 Å². The number of fused-ring (bicyclic) bond motifs is 1. The molecule has 0 bridgehead atoms. The first-order valence-electron chi connectivity index (χ1n) is 10.3. The zero-order chi connectivity index (χ0) is 24.1. The first kappa shape index (κ1) is 23.4. The number of benzene rings is 3. The molecule has 3 aromatic carbocycles. The number of hydrogen-bond acceptors (Lipinski definition) is 4. The predicted molar refractivity (Wildman–Crippen MR) is 135 cm³/mol. The molecule has 0 aliphatic heterocycles. The van der Waals surface area contributed by atoms with Crippen molar-refractivity contribution in [3.63, 3.8) is 0 Å². The molecule has 0 radical (unpaired) electrons. The van der Waals surface area contributed by atoms with E-state index in [0.717, 1.165) is 16.5 Å². The van der Waals surface area contributed by atoms with Crippen LogP contribution in [0.4, 0.5) is 5.69 Å². The van der Waals surface area contributed by atoms with E-state index in [1.807, 2.05) is 30.3 Å².